The molecule has 1 saturated carbocycles. The summed E-state index contributed by atoms with van der Waals surface area (Å²) in [6.07, 6.45) is 4.36. The molecule has 2 unspecified atom stereocenters. The third-order valence-corrected chi connectivity index (χ3v) is 6.04. The van der Waals surface area contributed by atoms with Gasteiger partial charge in [-0.15, -0.1) is 0 Å². The van der Waals surface area contributed by atoms with E-state index < -0.39 is 0 Å². The minimum Gasteiger partial charge on any atom is -0.337 e. The molecule has 164 valence electrons. The van der Waals surface area contributed by atoms with Crippen molar-refractivity contribution in [3.8, 4) is 0 Å². The second kappa shape index (κ2) is 9.93. The fraction of sp³-hybridized carbons (Fsp3) is 0.462. The van der Waals surface area contributed by atoms with Gasteiger partial charge in [0.25, 0.3) is 0 Å². The van der Waals surface area contributed by atoms with Gasteiger partial charge in [-0.3, -0.25) is 0 Å². The number of carbonyl (C=O) groups is 1. The number of carbonyl (C=O) groups excluding carboxylic acids is 2. The van der Waals surface area contributed by atoms with Crippen molar-refractivity contribution in [2.24, 2.45) is 15.8 Å². The summed E-state index contributed by atoms with van der Waals surface area (Å²) < 4.78 is 0. The summed E-state index contributed by atoms with van der Waals surface area (Å²) in [7, 11) is 0. The number of benzene rings is 2. The minimum absolute atomic E-state index is 0.0344. The molecule has 0 aromatic heterocycles. The average Bonchev–Trinajstić information content (AvgIpc) is 2.72. The first kappa shape index (κ1) is 22.8. The Morgan fingerprint density at radius 3 is 2.06 bits per heavy atom. The zero-order valence-electron chi connectivity index (χ0n) is 18.8. The zero-order valence-corrected chi connectivity index (χ0v) is 18.8. The van der Waals surface area contributed by atoms with E-state index >= 15 is 0 Å². The lowest BCUT2D eigenvalue weighted by Gasteiger charge is -2.45. The van der Waals surface area contributed by atoms with Crippen LogP contribution in [0, 0.1) is 10.8 Å². The van der Waals surface area contributed by atoms with Crippen LogP contribution >= 0.6 is 0 Å². The van der Waals surface area contributed by atoms with Crippen LogP contribution in [0.3, 0.4) is 0 Å². The molecule has 2 atom stereocenters. The van der Waals surface area contributed by atoms with E-state index in [2.05, 4.69) is 31.1 Å². The first-order valence-corrected chi connectivity index (χ1v) is 11.0. The van der Waals surface area contributed by atoms with Crippen LogP contribution in [-0.4, -0.2) is 29.6 Å². The molecule has 5 heteroatoms. The summed E-state index contributed by atoms with van der Waals surface area (Å²) >= 11 is 0. The van der Waals surface area contributed by atoms with Gasteiger partial charge in [0, 0.05) is 19.6 Å². The van der Waals surface area contributed by atoms with E-state index in [1.165, 1.54) is 0 Å². The molecule has 2 amide bonds. The summed E-state index contributed by atoms with van der Waals surface area (Å²) in [6, 6.07) is 20.0. The fourth-order valence-corrected chi connectivity index (χ4v) is 5.09. The van der Waals surface area contributed by atoms with Crippen LogP contribution in [-0.2, 0) is 17.9 Å². The van der Waals surface area contributed by atoms with Gasteiger partial charge in [-0.2, -0.15) is 0 Å². The number of nitrogens with one attached hydrogen (secondary N) is 1. The number of urea groups is 1. The number of hydrogen-bond donors (Lipinski definition) is 1. The summed E-state index contributed by atoms with van der Waals surface area (Å²) in [5.74, 6) is 0. The number of hydrogen-bond acceptors (Lipinski definition) is 3. The lowest BCUT2D eigenvalue weighted by molar-refractivity contribution is 0.0828. The van der Waals surface area contributed by atoms with Crippen molar-refractivity contribution < 1.29 is 9.59 Å². The number of amides is 2. The summed E-state index contributed by atoms with van der Waals surface area (Å²) in [5.41, 5.74) is 2.14. The van der Waals surface area contributed by atoms with Crippen molar-refractivity contribution in [1.82, 2.24) is 10.2 Å². The molecule has 5 nitrogen and oxygen atoms in total. The Balaban J connectivity index is 1.71. The van der Waals surface area contributed by atoms with Crippen LogP contribution in [0.15, 0.2) is 65.7 Å². The lowest BCUT2D eigenvalue weighted by Crippen LogP contribution is -2.47. The van der Waals surface area contributed by atoms with Gasteiger partial charge in [0.05, 0.1) is 6.04 Å². The molecular formula is C26H33N3O2. The molecule has 31 heavy (non-hydrogen) atoms. The van der Waals surface area contributed by atoms with Gasteiger partial charge >= 0.3 is 6.03 Å². The highest BCUT2D eigenvalue weighted by atomic mass is 16.2. The molecule has 0 heterocycles. The predicted molar refractivity (Wildman–Crippen MR) is 123 cm³/mol. The molecule has 0 bridgehead atoms. The molecule has 0 spiro atoms. The minimum atomic E-state index is -0.117. The van der Waals surface area contributed by atoms with Crippen LogP contribution in [0.2, 0.25) is 0 Å². The highest BCUT2D eigenvalue weighted by Gasteiger charge is 2.41. The van der Waals surface area contributed by atoms with Crippen molar-refractivity contribution in [2.75, 3.05) is 6.54 Å². The van der Waals surface area contributed by atoms with Crippen molar-refractivity contribution in [2.45, 2.75) is 59.2 Å². The van der Waals surface area contributed by atoms with Gasteiger partial charge in [0.2, 0.25) is 6.08 Å². The molecule has 3 rings (SSSR count). The van der Waals surface area contributed by atoms with E-state index in [1.807, 2.05) is 65.6 Å². The van der Waals surface area contributed by atoms with E-state index in [0.717, 1.165) is 30.4 Å². The molecule has 1 aliphatic carbocycles. The zero-order chi connectivity index (χ0) is 22.3. The fourth-order valence-electron chi connectivity index (χ4n) is 5.09. The average molecular weight is 420 g/mol. The van der Waals surface area contributed by atoms with Crippen LogP contribution in [0.1, 0.15) is 51.2 Å². The second-order valence-electron chi connectivity index (χ2n) is 9.92. The number of rotatable bonds is 7. The maximum absolute atomic E-state index is 13.2. The molecule has 0 saturated heterocycles. The lowest BCUT2D eigenvalue weighted by atomic mass is 9.63. The molecule has 1 aliphatic rings. The highest BCUT2D eigenvalue weighted by molar-refractivity contribution is 5.74. The monoisotopic (exact) mass is 419 g/mol. The molecule has 2 aromatic rings. The molecule has 0 aliphatic heterocycles. The quantitative estimate of drug-likeness (QED) is 0.488. The summed E-state index contributed by atoms with van der Waals surface area (Å²) in [5, 5.41) is 3.18. The Bertz CT molecular complexity index is 865. The predicted octanol–water partition coefficient (Wildman–Crippen LogP) is 5.32. The van der Waals surface area contributed by atoms with Crippen LogP contribution in [0.5, 0.6) is 0 Å². The van der Waals surface area contributed by atoms with Gasteiger partial charge in [0.15, 0.2) is 0 Å². The second-order valence-corrected chi connectivity index (χ2v) is 9.92. The molecule has 1 fully saturated rings. The van der Waals surface area contributed by atoms with Crippen molar-refractivity contribution in [1.29, 1.82) is 0 Å². The molecule has 1 N–H and O–H groups in total. The van der Waals surface area contributed by atoms with E-state index in [0.29, 0.717) is 19.6 Å². The van der Waals surface area contributed by atoms with Gasteiger partial charge < -0.3 is 10.2 Å². The Hall–Kier alpha value is -2.91. The topological polar surface area (TPSA) is 61.8 Å². The third-order valence-electron chi connectivity index (χ3n) is 6.04. The Morgan fingerprint density at radius 2 is 1.55 bits per heavy atom. The van der Waals surface area contributed by atoms with E-state index in [1.54, 1.807) is 6.08 Å². The Morgan fingerprint density at radius 1 is 1.00 bits per heavy atom. The number of aliphatic imine (C=N–C) groups is 1. The van der Waals surface area contributed by atoms with E-state index in [4.69, 9.17) is 0 Å². The molecule has 2 aromatic carbocycles. The maximum Gasteiger partial charge on any atom is 0.318 e. The van der Waals surface area contributed by atoms with Gasteiger partial charge in [0.1, 0.15) is 0 Å². The van der Waals surface area contributed by atoms with Gasteiger partial charge in [-0.25, -0.2) is 14.6 Å². The molecular weight excluding hydrogens is 386 g/mol. The summed E-state index contributed by atoms with van der Waals surface area (Å²) in [6.45, 7) is 8.23. The smallest absolute Gasteiger partial charge is 0.318 e. The third kappa shape index (κ3) is 6.80. The van der Waals surface area contributed by atoms with Crippen LogP contribution in [0.4, 0.5) is 4.79 Å². The largest absolute Gasteiger partial charge is 0.337 e. The summed E-state index contributed by atoms with van der Waals surface area (Å²) in [4.78, 5) is 29.9. The van der Waals surface area contributed by atoms with Crippen molar-refractivity contribution in [3.63, 3.8) is 0 Å². The van der Waals surface area contributed by atoms with Crippen LogP contribution in [0.25, 0.3) is 0 Å². The van der Waals surface area contributed by atoms with E-state index in [-0.39, 0.29) is 22.9 Å². The standard InChI is InChI=1S/C26H33N3O2/c1-25(2)14-23(28-20-30)15-26(3,18-25)19-27-24(31)29(16-21-10-6-4-7-11-21)17-22-12-8-5-9-13-22/h4-13,23H,14-19H2,1-3H3,(H,27,31). The van der Waals surface area contributed by atoms with Gasteiger partial charge in [-0.1, -0.05) is 81.4 Å². The molecule has 0 radical (unpaired) electrons. The van der Waals surface area contributed by atoms with E-state index in [9.17, 15) is 9.59 Å². The van der Waals surface area contributed by atoms with Crippen LogP contribution < -0.4 is 5.32 Å². The SMILES string of the molecule is CC1(C)CC(N=C=O)CC(C)(CNC(=O)N(Cc2ccccc2)Cc2ccccc2)C1. The normalized spacial score (nSPS) is 22.2. The van der Waals surface area contributed by atoms with Crippen molar-refractivity contribution in [3.05, 3.63) is 71.8 Å². The number of nitrogens with zero attached hydrogens (tertiary/aromatic N) is 2. The van der Waals surface area contributed by atoms with Crippen molar-refractivity contribution >= 4 is 12.1 Å². The first-order valence-electron chi connectivity index (χ1n) is 11.0. The number of isocyanates is 1. The first-order chi connectivity index (χ1) is 14.8. The maximum atomic E-state index is 13.2. The van der Waals surface area contributed by atoms with Gasteiger partial charge in [-0.05, 0) is 41.2 Å². The Kier molecular flexibility index (Phi) is 7.29. The highest BCUT2D eigenvalue weighted by Crippen LogP contribution is 2.46. The Labute approximate surface area is 185 Å².